The van der Waals surface area contributed by atoms with Crippen LogP contribution < -0.4 is 5.32 Å². The number of aromatic nitrogens is 2. The molecule has 0 saturated heterocycles. The second-order valence-corrected chi connectivity index (χ2v) is 6.66. The summed E-state index contributed by atoms with van der Waals surface area (Å²) in [5.74, 6) is 0. The Labute approximate surface area is 123 Å². The van der Waals surface area contributed by atoms with Gasteiger partial charge in [-0.25, -0.2) is 4.98 Å². The number of fused-ring (bicyclic) bond motifs is 3. The lowest BCUT2D eigenvalue weighted by Gasteiger charge is -2.11. The Morgan fingerprint density at radius 1 is 1.26 bits per heavy atom. The molecule has 3 heterocycles. The van der Waals surface area contributed by atoms with Gasteiger partial charge in [-0.3, -0.25) is 4.40 Å². The molecule has 0 saturated carbocycles. The van der Waals surface area contributed by atoms with Crippen molar-refractivity contribution in [3.63, 3.8) is 0 Å². The second-order valence-electron chi connectivity index (χ2n) is 4.68. The summed E-state index contributed by atoms with van der Waals surface area (Å²) in [6.45, 7) is 2.04. The molecule has 0 amide bonds. The van der Waals surface area contributed by atoms with Gasteiger partial charge < -0.3 is 5.32 Å². The smallest absolute Gasteiger partial charge is 0.194 e. The summed E-state index contributed by atoms with van der Waals surface area (Å²) in [5, 5.41) is 3.41. The highest BCUT2D eigenvalue weighted by atomic mass is 79.9. The van der Waals surface area contributed by atoms with Gasteiger partial charge in [0.05, 0.1) is 5.69 Å². The lowest BCUT2D eigenvalue weighted by Crippen LogP contribution is -2.23. The van der Waals surface area contributed by atoms with Crippen LogP contribution in [0.4, 0.5) is 0 Å². The fourth-order valence-electron chi connectivity index (χ4n) is 2.50. The van der Waals surface area contributed by atoms with Crippen LogP contribution in [0.25, 0.3) is 16.2 Å². The first kappa shape index (κ1) is 11.6. The Hall–Kier alpha value is -1.17. The number of benzene rings is 1. The molecule has 0 bridgehead atoms. The maximum atomic E-state index is 4.76. The Kier molecular flexibility index (Phi) is 2.72. The summed E-state index contributed by atoms with van der Waals surface area (Å²) in [4.78, 5) is 7.29. The molecular weight excluding hydrogens is 322 g/mol. The molecule has 1 aromatic carbocycles. The SMILES string of the molecule is Brc1ccc(-c2cn3c4c(sc3n2)CNCC4)cc1. The van der Waals surface area contributed by atoms with E-state index in [1.807, 2.05) is 0 Å². The molecule has 19 heavy (non-hydrogen) atoms. The molecule has 3 aromatic rings. The van der Waals surface area contributed by atoms with Crippen molar-refractivity contribution in [3.8, 4) is 11.3 Å². The Balaban J connectivity index is 1.84. The lowest BCUT2D eigenvalue weighted by molar-refractivity contribution is 0.638. The van der Waals surface area contributed by atoms with Gasteiger partial charge in [-0.05, 0) is 12.1 Å². The fourth-order valence-corrected chi connectivity index (χ4v) is 3.88. The average Bonchev–Trinajstić information content (AvgIpc) is 2.97. The minimum absolute atomic E-state index is 0.983. The van der Waals surface area contributed by atoms with Gasteiger partial charge >= 0.3 is 0 Å². The van der Waals surface area contributed by atoms with Crippen LogP contribution in [0.1, 0.15) is 10.6 Å². The Morgan fingerprint density at radius 3 is 2.95 bits per heavy atom. The number of rotatable bonds is 1. The van der Waals surface area contributed by atoms with Gasteiger partial charge in [-0.2, -0.15) is 0 Å². The number of nitrogens with one attached hydrogen (secondary N) is 1. The predicted molar refractivity (Wildman–Crippen MR) is 81.6 cm³/mol. The maximum absolute atomic E-state index is 4.76. The minimum atomic E-state index is 0.983. The monoisotopic (exact) mass is 333 g/mol. The Morgan fingerprint density at radius 2 is 2.11 bits per heavy atom. The summed E-state index contributed by atoms with van der Waals surface area (Å²) in [6.07, 6.45) is 3.25. The minimum Gasteiger partial charge on any atom is -0.311 e. The number of nitrogens with zero attached hydrogens (tertiary/aromatic N) is 2. The first-order valence-corrected chi connectivity index (χ1v) is 7.88. The van der Waals surface area contributed by atoms with Crippen molar-refractivity contribution in [3.05, 3.63) is 45.5 Å². The molecule has 4 rings (SSSR count). The molecule has 0 fully saturated rings. The molecule has 2 aromatic heterocycles. The van der Waals surface area contributed by atoms with E-state index in [1.165, 1.54) is 16.1 Å². The zero-order valence-electron chi connectivity index (χ0n) is 10.2. The number of hydrogen-bond donors (Lipinski definition) is 1. The molecule has 0 spiro atoms. The first-order chi connectivity index (χ1) is 9.31. The van der Waals surface area contributed by atoms with Crippen molar-refractivity contribution in [2.45, 2.75) is 13.0 Å². The van der Waals surface area contributed by atoms with Crippen molar-refractivity contribution in [2.24, 2.45) is 0 Å². The lowest BCUT2D eigenvalue weighted by atomic mass is 10.2. The highest BCUT2D eigenvalue weighted by Gasteiger charge is 2.17. The van der Waals surface area contributed by atoms with Crippen molar-refractivity contribution in [1.29, 1.82) is 0 Å². The van der Waals surface area contributed by atoms with Crippen molar-refractivity contribution in [2.75, 3.05) is 6.54 Å². The van der Waals surface area contributed by atoms with E-state index in [1.54, 1.807) is 11.3 Å². The summed E-state index contributed by atoms with van der Waals surface area (Å²) in [6, 6.07) is 8.32. The summed E-state index contributed by atoms with van der Waals surface area (Å²) in [7, 11) is 0. The van der Waals surface area contributed by atoms with Crippen molar-refractivity contribution < 1.29 is 0 Å². The molecule has 1 aliphatic rings. The van der Waals surface area contributed by atoms with Gasteiger partial charge in [0.15, 0.2) is 4.96 Å². The van der Waals surface area contributed by atoms with Crippen LogP contribution in [0.2, 0.25) is 0 Å². The molecule has 3 nitrogen and oxygen atoms in total. The average molecular weight is 334 g/mol. The third-order valence-corrected chi connectivity index (χ3v) is 5.09. The predicted octanol–water partition coefficient (Wildman–Crippen LogP) is 3.47. The van der Waals surface area contributed by atoms with E-state index >= 15 is 0 Å². The zero-order valence-corrected chi connectivity index (χ0v) is 12.6. The molecule has 0 radical (unpaired) electrons. The molecule has 5 heteroatoms. The molecule has 0 atom stereocenters. The number of thiazole rings is 1. The summed E-state index contributed by atoms with van der Waals surface area (Å²) >= 11 is 5.26. The van der Waals surface area contributed by atoms with Crippen molar-refractivity contribution in [1.82, 2.24) is 14.7 Å². The molecule has 96 valence electrons. The number of imidazole rings is 1. The van der Waals surface area contributed by atoms with Crippen LogP contribution in [0.3, 0.4) is 0 Å². The van der Waals surface area contributed by atoms with Crippen LogP contribution in [0, 0.1) is 0 Å². The summed E-state index contributed by atoms with van der Waals surface area (Å²) < 4.78 is 3.36. The largest absolute Gasteiger partial charge is 0.311 e. The molecule has 0 aliphatic carbocycles. The van der Waals surface area contributed by atoms with Gasteiger partial charge in [0.1, 0.15) is 0 Å². The van der Waals surface area contributed by atoms with Crippen LogP contribution in [-0.4, -0.2) is 15.9 Å². The maximum Gasteiger partial charge on any atom is 0.194 e. The van der Waals surface area contributed by atoms with Crippen LogP contribution in [0.5, 0.6) is 0 Å². The van der Waals surface area contributed by atoms with Gasteiger partial charge in [-0.15, -0.1) is 0 Å². The van der Waals surface area contributed by atoms with Gasteiger partial charge in [0, 0.05) is 46.3 Å². The molecule has 1 aliphatic heterocycles. The van der Waals surface area contributed by atoms with Gasteiger partial charge in [0.2, 0.25) is 0 Å². The normalized spacial score (nSPS) is 14.8. The van der Waals surface area contributed by atoms with Crippen LogP contribution in [-0.2, 0) is 13.0 Å². The third kappa shape index (κ3) is 1.93. The fraction of sp³-hybridized carbons (Fsp3) is 0.214. The molecular formula is C14H12BrN3S. The second kappa shape index (κ2) is 4.44. The standard InChI is InChI=1S/C14H12BrN3S/c15-10-3-1-9(2-4-10)11-8-18-12-5-6-16-7-13(12)19-14(18)17-11/h1-4,8,16H,5-7H2. The van der Waals surface area contributed by atoms with E-state index in [9.17, 15) is 0 Å². The topological polar surface area (TPSA) is 29.3 Å². The van der Waals surface area contributed by atoms with E-state index in [2.05, 4.69) is 56.1 Å². The van der Waals surface area contributed by atoms with Gasteiger partial charge in [-0.1, -0.05) is 39.4 Å². The van der Waals surface area contributed by atoms with Crippen molar-refractivity contribution >= 4 is 32.2 Å². The highest BCUT2D eigenvalue weighted by Crippen LogP contribution is 2.29. The number of halogens is 1. The highest BCUT2D eigenvalue weighted by molar-refractivity contribution is 9.10. The Bertz CT molecular complexity index is 742. The van der Waals surface area contributed by atoms with Crippen LogP contribution >= 0.6 is 27.3 Å². The van der Waals surface area contributed by atoms with Crippen LogP contribution in [0.15, 0.2) is 34.9 Å². The first-order valence-electron chi connectivity index (χ1n) is 6.27. The molecule has 1 N–H and O–H groups in total. The quantitative estimate of drug-likeness (QED) is 0.738. The van der Waals surface area contributed by atoms with E-state index in [4.69, 9.17) is 4.98 Å². The van der Waals surface area contributed by atoms with E-state index in [-0.39, 0.29) is 0 Å². The zero-order chi connectivity index (χ0) is 12.8. The third-order valence-electron chi connectivity index (χ3n) is 3.46. The molecule has 0 unspecified atom stereocenters. The van der Waals surface area contributed by atoms with E-state index in [0.29, 0.717) is 0 Å². The van der Waals surface area contributed by atoms with E-state index in [0.717, 1.165) is 34.6 Å². The number of hydrogen-bond acceptors (Lipinski definition) is 3. The van der Waals surface area contributed by atoms with Gasteiger partial charge in [0.25, 0.3) is 0 Å². The summed E-state index contributed by atoms with van der Waals surface area (Å²) in [5.41, 5.74) is 3.65. The van der Waals surface area contributed by atoms with E-state index < -0.39 is 0 Å².